The molecule has 3 atom stereocenters. The molecule has 0 spiro atoms. The summed E-state index contributed by atoms with van der Waals surface area (Å²) in [6.07, 6.45) is -6.64. The van der Waals surface area contributed by atoms with Crippen molar-refractivity contribution in [1.82, 2.24) is 0 Å². The summed E-state index contributed by atoms with van der Waals surface area (Å²) in [6, 6.07) is -0.394. The zero-order valence-electron chi connectivity index (χ0n) is 7.35. The highest BCUT2D eigenvalue weighted by Crippen LogP contribution is 2.23. The van der Waals surface area contributed by atoms with Crippen molar-refractivity contribution in [1.29, 1.82) is 0 Å². The number of nitrogens with two attached hydrogens (primary N) is 1. The molecule has 0 saturated carbocycles. The van der Waals surface area contributed by atoms with Crippen LogP contribution < -0.4 is 5.73 Å². The van der Waals surface area contributed by atoms with E-state index in [-0.39, 0.29) is 0 Å². The SMILES string of the molecule is CC(OC(C)C(F)(F)F)[C@@H](C)N. The van der Waals surface area contributed by atoms with Crippen LogP contribution in [0, 0.1) is 0 Å². The standard InChI is InChI=1S/C7H14F3NO/c1-4(11)5(2)12-6(3)7(8,9)10/h4-6H,11H2,1-3H3/t4-,5?,6?/m1/s1. The molecule has 0 bridgehead atoms. The van der Waals surface area contributed by atoms with Crippen LogP contribution in [0.25, 0.3) is 0 Å². The van der Waals surface area contributed by atoms with Crippen molar-refractivity contribution < 1.29 is 17.9 Å². The van der Waals surface area contributed by atoms with Gasteiger partial charge < -0.3 is 10.5 Å². The summed E-state index contributed by atoms with van der Waals surface area (Å²) in [4.78, 5) is 0. The van der Waals surface area contributed by atoms with Gasteiger partial charge in [0.1, 0.15) is 0 Å². The van der Waals surface area contributed by atoms with Crippen LogP contribution >= 0.6 is 0 Å². The molecule has 0 aromatic rings. The lowest BCUT2D eigenvalue weighted by molar-refractivity contribution is -0.226. The zero-order valence-corrected chi connectivity index (χ0v) is 7.35. The molecule has 0 heterocycles. The molecular formula is C7H14F3NO. The normalized spacial score (nSPS) is 20.2. The second-order valence-electron chi connectivity index (χ2n) is 2.88. The highest BCUT2D eigenvalue weighted by molar-refractivity contribution is 4.68. The maximum absolute atomic E-state index is 11.9. The smallest absolute Gasteiger partial charge is 0.365 e. The molecule has 0 aliphatic carbocycles. The number of ether oxygens (including phenoxy) is 1. The fourth-order valence-corrected chi connectivity index (χ4v) is 0.523. The largest absolute Gasteiger partial charge is 0.414 e. The predicted molar refractivity (Wildman–Crippen MR) is 39.7 cm³/mol. The lowest BCUT2D eigenvalue weighted by Crippen LogP contribution is -2.39. The van der Waals surface area contributed by atoms with Crippen molar-refractivity contribution in [2.75, 3.05) is 0 Å². The van der Waals surface area contributed by atoms with E-state index in [1.165, 1.54) is 6.92 Å². The molecule has 0 aromatic heterocycles. The first kappa shape index (κ1) is 11.7. The van der Waals surface area contributed by atoms with E-state index >= 15 is 0 Å². The van der Waals surface area contributed by atoms with E-state index in [1.807, 2.05) is 0 Å². The lowest BCUT2D eigenvalue weighted by atomic mass is 10.2. The fraction of sp³-hybridized carbons (Fsp3) is 1.00. The van der Waals surface area contributed by atoms with Crippen LogP contribution in [0.1, 0.15) is 20.8 Å². The summed E-state index contributed by atoms with van der Waals surface area (Å²) in [7, 11) is 0. The van der Waals surface area contributed by atoms with E-state index in [0.717, 1.165) is 6.92 Å². The summed E-state index contributed by atoms with van der Waals surface area (Å²) in [6.45, 7) is 4.10. The molecule has 0 aliphatic rings. The number of hydrogen-bond donors (Lipinski definition) is 1. The Morgan fingerprint density at radius 1 is 1.17 bits per heavy atom. The van der Waals surface area contributed by atoms with Gasteiger partial charge in [-0.15, -0.1) is 0 Å². The second-order valence-corrected chi connectivity index (χ2v) is 2.88. The molecule has 74 valence electrons. The zero-order chi connectivity index (χ0) is 9.94. The molecule has 0 aliphatic heterocycles. The second kappa shape index (κ2) is 4.09. The van der Waals surface area contributed by atoms with E-state index < -0.39 is 24.4 Å². The third-order valence-electron chi connectivity index (χ3n) is 1.62. The molecule has 0 aromatic carbocycles. The first-order chi connectivity index (χ1) is 5.25. The molecule has 2 unspecified atom stereocenters. The van der Waals surface area contributed by atoms with Gasteiger partial charge in [-0.1, -0.05) is 0 Å². The molecule has 2 N–H and O–H groups in total. The predicted octanol–water partition coefficient (Wildman–Crippen LogP) is 1.69. The van der Waals surface area contributed by atoms with Gasteiger partial charge in [-0.25, -0.2) is 0 Å². The van der Waals surface area contributed by atoms with Crippen LogP contribution in [0.15, 0.2) is 0 Å². The van der Waals surface area contributed by atoms with Crippen LogP contribution in [-0.2, 0) is 4.74 Å². The van der Waals surface area contributed by atoms with Gasteiger partial charge in [-0.05, 0) is 20.8 Å². The molecule has 0 rings (SSSR count). The quantitative estimate of drug-likeness (QED) is 0.726. The number of halogens is 3. The van der Waals surface area contributed by atoms with Crippen LogP contribution in [0.4, 0.5) is 13.2 Å². The molecule has 5 heteroatoms. The number of alkyl halides is 3. The molecule has 2 nitrogen and oxygen atoms in total. The Morgan fingerprint density at radius 2 is 1.58 bits per heavy atom. The summed E-state index contributed by atoms with van der Waals surface area (Å²) >= 11 is 0. The third-order valence-corrected chi connectivity index (χ3v) is 1.62. The van der Waals surface area contributed by atoms with Gasteiger partial charge in [0.05, 0.1) is 6.10 Å². The maximum Gasteiger partial charge on any atom is 0.414 e. The van der Waals surface area contributed by atoms with Crippen LogP contribution in [0.5, 0.6) is 0 Å². The Labute approximate surface area is 69.9 Å². The van der Waals surface area contributed by atoms with Crippen molar-refractivity contribution in [3.63, 3.8) is 0 Å². The van der Waals surface area contributed by atoms with Gasteiger partial charge in [-0.3, -0.25) is 0 Å². The van der Waals surface area contributed by atoms with Crippen LogP contribution in [0.3, 0.4) is 0 Å². The first-order valence-corrected chi connectivity index (χ1v) is 3.73. The van der Waals surface area contributed by atoms with Crippen molar-refractivity contribution in [2.45, 2.75) is 45.2 Å². The van der Waals surface area contributed by atoms with Gasteiger partial charge in [0.2, 0.25) is 0 Å². The van der Waals surface area contributed by atoms with Gasteiger partial charge in [-0.2, -0.15) is 13.2 Å². The van der Waals surface area contributed by atoms with E-state index in [1.54, 1.807) is 6.92 Å². The van der Waals surface area contributed by atoms with E-state index in [0.29, 0.717) is 0 Å². The molecule has 0 amide bonds. The Morgan fingerprint density at radius 3 is 1.83 bits per heavy atom. The minimum absolute atomic E-state index is 0.394. The number of hydrogen-bond acceptors (Lipinski definition) is 2. The van der Waals surface area contributed by atoms with Gasteiger partial charge >= 0.3 is 6.18 Å². The number of rotatable bonds is 3. The lowest BCUT2D eigenvalue weighted by Gasteiger charge is -2.23. The minimum atomic E-state index is -4.30. The highest BCUT2D eigenvalue weighted by Gasteiger charge is 2.38. The fourth-order valence-electron chi connectivity index (χ4n) is 0.523. The summed E-state index contributed by atoms with van der Waals surface area (Å²) in [5.41, 5.74) is 5.34. The Kier molecular flexibility index (Phi) is 3.99. The minimum Gasteiger partial charge on any atom is -0.365 e. The van der Waals surface area contributed by atoms with E-state index in [9.17, 15) is 13.2 Å². The van der Waals surface area contributed by atoms with E-state index in [2.05, 4.69) is 4.74 Å². The Bertz CT molecular complexity index is 135. The average Bonchev–Trinajstić information content (AvgIpc) is 1.85. The molecule has 12 heavy (non-hydrogen) atoms. The molecule has 0 radical (unpaired) electrons. The van der Waals surface area contributed by atoms with Crippen molar-refractivity contribution >= 4 is 0 Å². The van der Waals surface area contributed by atoms with Gasteiger partial charge in [0.25, 0.3) is 0 Å². The summed E-state index contributed by atoms with van der Waals surface area (Å²) in [5, 5.41) is 0. The first-order valence-electron chi connectivity index (χ1n) is 3.73. The molecule has 0 saturated heterocycles. The highest BCUT2D eigenvalue weighted by atomic mass is 19.4. The Hall–Kier alpha value is -0.290. The van der Waals surface area contributed by atoms with Crippen molar-refractivity contribution in [3.05, 3.63) is 0 Å². The summed E-state index contributed by atoms with van der Waals surface area (Å²) < 4.78 is 40.3. The van der Waals surface area contributed by atoms with E-state index in [4.69, 9.17) is 5.73 Å². The summed E-state index contributed by atoms with van der Waals surface area (Å²) in [5.74, 6) is 0. The molecule has 0 fully saturated rings. The van der Waals surface area contributed by atoms with Gasteiger partial charge in [0.15, 0.2) is 6.10 Å². The topological polar surface area (TPSA) is 35.2 Å². The Balaban J connectivity index is 3.93. The maximum atomic E-state index is 11.9. The van der Waals surface area contributed by atoms with Gasteiger partial charge in [0, 0.05) is 6.04 Å². The van der Waals surface area contributed by atoms with Crippen LogP contribution in [0.2, 0.25) is 0 Å². The monoisotopic (exact) mass is 185 g/mol. The molecular weight excluding hydrogens is 171 g/mol. The van der Waals surface area contributed by atoms with Crippen molar-refractivity contribution in [2.24, 2.45) is 5.73 Å². The van der Waals surface area contributed by atoms with Crippen LogP contribution in [-0.4, -0.2) is 24.4 Å². The van der Waals surface area contributed by atoms with Crippen molar-refractivity contribution in [3.8, 4) is 0 Å². The average molecular weight is 185 g/mol. The third kappa shape index (κ3) is 3.92.